The minimum Gasteiger partial charge on any atom is -0.354 e. The molecule has 0 bridgehead atoms. The fourth-order valence-electron chi connectivity index (χ4n) is 3.46. The number of nitrogens with zero attached hydrogens (tertiary/aromatic N) is 3. The molecule has 32 heavy (non-hydrogen) atoms. The molecule has 3 aromatic rings. The van der Waals surface area contributed by atoms with Crippen LogP contribution in [0.2, 0.25) is 0 Å². The molecule has 1 heterocycles. The molecule has 0 spiro atoms. The second-order valence-electron chi connectivity index (χ2n) is 8.33. The highest BCUT2D eigenvalue weighted by Gasteiger charge is 2.18. The summed E-state index contributed by atoms with van der Waals surface area (Å²) in [6.07, 6.45) is 2.82. The Bertz CT molecular complexity index is 975. The van der Waals surface area contributed by atoms with Gasteiger partial charge >= 0.3 is 0 Å². The van der Waals surface area contributed by atoms with Crippen LogP contribution in [0, 0.1) is 5.82 Å². The molecule has 7 heteroatoms. The molecule has 2 aromatic carbocycles. The van der Waals surface area contributed by atoms with Crippen LogP contribution in [-0.2, 0) is 17.6 Å². The second kappa shape index (κ2) is 11.7. The lowest BCUT2D eigenvalue weighted by Crippen LogP contribution is -2.38. The molecule has 170 valence electrons. The number of nitrogens with one attached hydrogen (secondary N) is 1. The van der Waals surface area contributed by atoms with Gasteiger partial charge in [-0.1, -0.05) is 42.5 Å². The van der Waals surface area contributed by atoms with E-state index in [1.165, 1.54) is 29.2 Å². The molecule has 0 aliphatic rings. The number of hydrogen-bond acceptors (Lipinski definition) is 5. The van der Waals surface area contributed by atoms with E-state index in [0.717, 1.165) is 23.5 Å². The standard InChI is InChI=1S/C25H31FN4OS/c1-18(2)30(25-28-23(29-32-25)17-21-11-13-22(26)14-12-21)16-15-24(31)27-19(3)9-10-20-7-5-4-6-8-20/h4-8,11-14,18-19H,9-10,15-17H2,1-3H3,(H,27,31). The summed E-state index contributed by atoms with van der Waals surface area (Å²) in [6, 6.07) is 17.0. The zero-order valence-corrected chi connectivity index (χ0v) is 19.7. The first kappa shape index (κ1) is 23.9. The van der Waals surface area contributed by atoms with Gasteiger partial charge in [-0.15, -0.1) is 0 Å². The van der Waals surface area contributed by atoms with Gasteiger partial charge in [0.05, 0.1) is 0 Å². The minimum absolute atomic E-state index is 0.0484. The molecule has 1 N–H and O–H groups in total. The van der Waals surface area contributed by atoms with E-state index in [9.17, 15) is 9.18 Å². The molecule has 1 unspecified atom stereocenters. The van der Waals surface area contributed by atoms with Crippen LogP contribution in [0.3, 0.4) is 0 Å². The van der Waals surface area contributed by atoms with E-state index in [-0.39, 0.29) is 23.8 Å². The summed E-state index contributed by atoms with van der Waals surface area (Å²) in [4.78, 5) is 19.3. The Morgan fingerprint density at radius 1 is 1.06 bits per heavy atom. The lowest BCUT2D eigenvalue weighted by molar-refractivity contribution is -0.121. The Kier molecular flexibility index (Phi) is 8.73. The number of hydrogen-bond donors (Lipinski definition) is 1. The van der Waals surface area contributed by atoms with Crippen molar-refractivity contribution in [2.45, 2.75) is 58.5 Å². The van der Waals surface area contributed by atoms with Gasteiger partial charge in [0.1, 0.15) is 11.6 Å². The normalized spacial score (nSPS) is 12.0. The van der Waals surface area contributed by atoms with Gasteiger partial charge in [-0.3, -0.25) is 4.79 Å². The molecule has 0 saturated heterocycles. The number of rotatable bonds is 11. The predicted molar refractivity (Wildman–Crippen MR) is 129 cm³/mol. The third-order valence-corrected chi connectivity index (χ3v) is 6.09. The third-order valence-electron chi connectivity index (χ3n) is 5.30. The SMILES string of the molecule is CC(CCc1ccccc1)NC(=O)CCN(c1nc(Cc2ccc(F)cc2)ns1)C(C)C. The zero-order chi connectivity index (χ0) is 22.9. The quantitative estimate of drug-likeness (QED) is 0.442. The molecule has 0 aliphatic carbocycles. The van der Waals surface area contributed by atoms with Crippen molar-refractivity contribution in [2.24, 2.45) is 0 Å². The van der Waals surface area contributed by atoms with Gasteiger partial charge < -0.3 is 10.2 Å². The van der Waals surface area contributed by atoms with Crippen molar-refractivity contribution < 1.29 is 9.18 Å². The van der Waals surface area contributed by atoms with E-state index in [0.29, 0.717) is 25.2 Å². The topological polar surface area (TPSA) is 58.1 Å². The van der Waals surface area contributed by atoms with Crippen LogP contribution in [-0.4, -0.2) is 33.9 Å². The summed E-state index contributed by atoms with van der Waals surface area (Å²) >= 11 is 1.34. The van der Waals surface area contributed by atoms with E-state index in [2.05, 4.69) is 45.6 Å². The summed E-state index contributed by atoms with van der Waals surface area (Å²) < 4.78 is 17.6. The lowest BCUT2D eigenvalue weighted by atomic mass is 10.1. The summed E-state index contributed by atoms with van der Waals surface area (Å²) in [5, 5.41) is 3.92. The number of aromatic nitrogens is 2. The summed E-state index contributed by atoms with van der Waals surface area (Å²) in [7, 11) is 0. The smallest absolute Gasteiger partial charge is 0.221 e. The van der Waals surface area contributed by atoms with E-state index >= 15 is 0 Å². The third kappa shape index (κ3) is 7.41. The fourth-order valence-corrected chi connectivity index (χ4v) is 4.31. The average Bonchev–Trinajstić information content (AvgIpc) is 3.22. The number of amides is 1. The molecule has 5 nitrogen and oxygen atoms in total. The van der Waals surface area contributed by atoms with Crippen LogP contribution < -0.4 is 10.2 Å². The van der Waals surface area contributed by atoms with Crippen LogP contribution in [0.15, 0.2) is 54.6 Å². The first-order chi connectivity index (χ1) is 15.4. The number of benzene rings is 2. The van der Waals surface area contributed by atoms with Gasteiger partial charge in [-0.25, -0.2) is 9.37 Å². The molecule has 1 amide bonds. The number of halogens is 1. The van der Waals surface area contributed by atoms with Gasteiger partial charge in [0.25, 0.3) is 0 Å². The second-order valence-corrected chi connectivity index (χ2v) is 9.06. The van der Waals surface area contributed by atoms with Crippen LogP contribution in [0.25, 0.3) is 0 Å². The van der Waals surface area contributed by atoms with E-state index in [1.807, 2.05) is 25.1 Å². The van der Waals surface area contributed by atoms with Crippen LogP contribution in [0.5, 0.6) is 0 Å². The first-order valence-electron chi connectivity index (χ1n) is 11.1. The van der Waals surface area contributed by atoms with Gasteiger partial charge in [-0.2, -0.15) is 4.37 Å². The molecule has 0 radical (unpaired) electrons. The number of anilines is 1. The van der Waals surface area contributed by atoms with Crippen LogP contribution in [0.1, 0.15) is 50.6 Å². The maximum absolute atomic E-state index is 13.1. The van der Waals surface area contributed by atoms with E-state index in [4.69, 9.17) is 0 Å². The maximum Gasteiger partial charge on any atom is 0.221 e. The highest BCUT2D eigenvalue weighted by Crippen LogP contribution is 2.21. The number of carbonyl (C=O) groups excluding carboxylic acids is 1. The molecule has 1 aromatic heterocycles. The van der Waals surface area contributed by atoms with Crippen molar-refractivity contribution >= 4 is 22.6 Å². The van der Waals surface area contributed by atoms with E-state index < -0.39 is 0 Å². The largest absolute Gasteiger partial charge is 0.354 e. The van der Waals surface area contributed by atoms with Crippen LogP contribution in [0.4, 0.5) is 9.52 Å². The Hall–Kier alpha value is -2.80. The minimum atomic E-state index is -0.251. The Morgan fingerprint density at radius 3 is 2.47 bits per heavy atom. The molecular weight excluding hydrogens is 423 g/mol. The summed E-state index contributed by atoms with van der Waals surface area (Å²) in [6.45, 7) is 6.80. The monoisotopic (exact) mass is 454 g/mol. The van der Waals surface area contributed by atoms with E-state index in [1.54, 1.807) is 12.1 Å². The molecule has 0 aliphatic heterocycles. The van der Waals surface area contributed by atoms with Gasteiger partial charge in [0, 0.05) is 43.0 Å². The molecule has 0 saturated carbocycles. The predicted octanol–water partition coefficient (Wildman–Crippen LogP) is 5.01. The summed E-state index contributed by atoms with van der Waals surface area (Å²) in [5.74, 6) is 0.507. The van der Waals surface area contributed by atoms with Gasteiger partial charge in [0.2, 0.25) is 11.0 Å². The van der Waals surface area contributed by atoms with Crippen molar-refractivity contribution in [3.63, 3.8) is 0 Å². The molecular formula is C25H31FN4OS. The van der Waals surface area contributed by atoms with Crippen molar-refractivity contribution in [1.29, 1.82) is 0 Å². The van der Waals surface area contributed by atoms with Gasteiger partial charge in [0.15, 0.2) is 0 Å². The number of carbonyl (C=O) groups is 1. The Morgan fingerprint density at radius 2 is 1.78 bits per heavy atom. The summed E-state index contributed by atoms with van der Waals surface area (Å²) in [5.41, 5.74) is 2.25. The Balaban J connectivity index is 1.49. The van der Waals surface area contributed by atoms with Crippen molar-refractivity contribution in [2.75, 3.05) is 11.4 Å². The molecule has 0 fully saturated rings. The van der Waals surface area contributed by atoms with Crippen molar-refractivity contribution in [3.05, 3.63) is 77.4 Å². The highest BCUT2D eigenvalue weighted by atomic mass is 32.1. The van der Waals surface area contributed by atoms with Crippen LogP contribution >= 0.6 is 11.5 Å². The lowest BCUT2D eigenvalue weighted by Gasteiger charge is -2.25. The number of aryl methyl sites for hydroxylation is 1. The highest BCUT2D eigenvalue weighted by molar-refractivity contribution is 7.09. The molecule has 1 atom stereocenters. The maximum atomic E-state index is 13.1. The first-order valence-corrected chi connectivity index (χ1v) is 11.8. The molecule has 3 rings (SSSR count). The fraction of sp³-hybridized carbons (Fsp3) is 0.400. The Labute approximate surface area is 193 Å². The van der Waals surface area contributed by atoms with Gasteiger partial charge in [-0.05, 0) is 56.9 Å². The average molecular weight is 455 g/mol. The van der Waals surface area contributed by atoms with Crippen molar-refractivity contribution in [1.82, 2.24) is 14.7 Å². The zero-order valence-electron chi connectivity index (χ0n) is 18.9. The van der Waals surface area contributed by atoms with Crippen molar-refractivity contribution in [3.8, 4) is 0 Å².